The topological polar surface area (TPSA) is 55.6 Å². The van der Waals surface area contributed by atoms with E-state index < -0.39 is 0 Å². The Labute approximate surface area is 115 Å². The van der Waals surface area contributed by atoms with Gasteiger partial charge in [0.15, 0.2) is 5.16 Å². The van der Waals surface area contributed by atoms with E-state index in [1.54, 1.807) is 16.4 Å². The normalized spacial score (nSPS) is 10.6. The van der Waals surface area contributed by atoms with Gasteiger partial charge in [-0.3, -0.25) is 0 Å². The highest BCUT2D eigenvalue weighted by atomic mass is 35.5. The SMILES string of the molecule is CCNc1ccc(Cl)c(CSc2ncnn2C)n1. The van der Waals surface area contributed by atoms with E-state index >= 15 is 0 Å². The zero-order valence-electron chi connectivity index (χ0n) is 10.2. The Kier molecular flexibility index (Phi) is 4.43. The molecule has 1 N–H and O–H groups in total. The van der Waals surface area contributed by atoms with E-state index in [-0.39, 0.29) is 0 Å². The molecule has 2 aromatic rings. The Bertz CT molecular complexity index is 528. The minimum Gasteiger partial charge on any atom is -0.370 e. The Morgan fingerprint density at radius 1 is 1.44 bits per heavy atom. The van der Waals surface area contributed by atoms with Crippen LogP contribution in [-0.2, 0) is 12.8 Å². The second-order valence-electron chi connectivity index (χ2n) is 3.61. The van der Waals surface area contributed by atoms with Crippen molar-refractivity contribution in [3.8, 4) is 0 Å². The van der Waals surface area contributed by atoms with Crippen LogP contribution in [0.2, 0.25) is 5.02 Å². The van der Waals surface area contributed by atoms with E-state index in [9.17, 15) is 0 Å². The lowest BCUT2D eigenvalue weighted by Gasteiger charge is -2.07. The number of rotatable bonds is 5. The number of thioether (sulfide) groups is 1. The van der Waals surface area contributed by atoms with Gasteiger partial charge in [-0.2, -0.15) is 5.10 Å². The molecule has 0 amide bonds. The molecule has 2 heterocycles. The van der Waals surface area contributed by atoms with Crippen molar-refractivity contribution in [3.05, 3.63) is 29.2 Å². The quantitative estimate of drug-likeness (QED) is 0.855. The van der Waals surface area contributed by atoms with Crippen LogP contribution in [0.1, 0.15) is 12.6 Å². The van der Waals surface area contributed by atoms with E-state index in [2.05, 4.69) is 20.4 Å². The maximum absolute atomic E-state index is 6.13. The minimum absolute atomic E-state index is 0.671. The molecule has 0 spiro atoms. The van der Waals surface area contributed by atoms with E-state index in [0.717, 1.165) is 23.2 Å². The average Bonchev–Trinajstić information content (AvgIpc) is 2.76. The second kappa shape index (κ2) is 6.06. The summed E-state index contributed by atoms with van der Waals surface area (Å²) in [6, 6.07) is 3.74. The van der Waals surface area contributed by atoms with Gasteiger partial charge in [0.1, 0.15) is 12.1 Å². The summed E-state index contributed by atoms with van der Waals surface area (Å²) in [5, 5.41) is 8.71. The molecule has 0 aromatic carbocycles. The van der Waals surface area contributed by atoms with Crippen molar-refractivity contribution in [1.29, 1.82) is 0 Å². The summed E-state index contributed by atoms with van der Waals surface area (Å²) in [5.74, 6) is 1.51. The van der Waals surface area contributed by atoms with Crippen molar-refractivity contribution in [3.63, 3.8) is 0 Å². The van der Waals surface area contributed by atoms with Crippen LogP contribution >= 0.6 is 23.4 Å². The summed E-state index contributed by atoms with van der Waals surface area (Å²) in [6.07, 6.45) is 1.53. The molecule has 2 aromatic heterocycles. The second-order valence-corrected chi connectivity index (χ2v) is 4.96. The molecule has 0 saturated heterocycles. The van der Waals surface area contributed by atoms with E-state index in [0.29, 0.717) is 10.8 Å². The first-order valence-corrected chi connectivity index (χ1v) is 6.93. The molecule has 0 saturated carbocycles. The van der Waals surface area contributed by atoms with E-state index in [1.165, 1.54) is 6.33 Å². The van der Waals surface area contributed by atoms with Crippen LogP contribution in [-0.4, -0.2) is 26.3 Å². The predicted molar refractivity (Wildman–Crippen MR) is 74.0 cm³/mol. The number of pyridine rings is 1. The molecule has 2 rings (SSSR count). The van der Waals surface area contributed by atoms with Gasteiger partial charge in [0.2, 0.25) is 0 Å². The van der Waals surface area contributed by atoms with E-state index in [4.69, 9.17) is 11.6 Å². The Hall–Kier alpha value is -1.27. The maximum atomic E-state index is 6.13. The number of nitrogens with one attached hydrogen (secondary N) is 1. The van der Waals surface area contributed by atoms with Crippen molar-refractivity contribution < 1.29 is 0 Å². The minimum atomic E-state index is 0.671. The summed E-state index contributed by atoms with van der Waals surface area (Å²) < 4.78 is 1.73. The van der Waals surface area contributed by atoms with Crippen LogP contribution in [0.25, 0.3) is 0 Å². The Balaban J connectivity index is 2.08. The number of aromatic nitrogens is 4. The molecule has 0 radical (unpaired) electrons. The van der Waals surface area contributed by atoms with Crippen molar-refractivity contribution in [2.24, 2.45) is 7.05 Å². The van der Waals surface area contributed by atoms with Crippen LogP contribution in [0.3, 0.4) is 0 Å². The predicted octanol–water partition coefficient (Wildman–Crippen LogP) is 2.59. The molecule has 7 heteroatoms. The average molecular weight is 284 g/mol. The molecule has 0 fully saturated rings. The molecule has 0 atom stereocenters. The molecule has 96 valence electrons. The van der Waals surface area contributed by atoms with Crippen LogP contribution in [0, 0.1) is 0 Å². The first-order chi connectivity index (χ1) is 8.70. The molecule has 0 bridgehead atoms. The Morgan fingerprint density at radius 2 is 2.28 bits per heavy atom. The monoisotopic (exact) mass is 283 g/mol. The fraction of sp³-hybridized carbons (Fsp3) is 0.364. The molecule has 0 aliphatic rings. The highest BCUT2D eigenvalue weighted by Crippen LogP contribution is 2.24. The van der Waals surface area contributed by atoms with E-state index in [1.807, 2.05) is 26.1 Å². The van der Waals surface area contributed by atoms with Crippen molar-refractivity contribution in [2.75, 3.05) is 11.9 Å². The summed E-state index contributed by atoms with van der Waals surface area (Å²) in [7, 11) is 1.86. The van der Waals surface area contributed by atoms with Crippen LogP contribution in [0.5, 0.6) is 0 Å². The third-order valence-corrected chi connectivity index (χ3v) is 3.67. The van der Waals surface area contributed by atoms with Gasteiger partial charge < -0.3 is 5.32 Å². The molecular formula is C11H14ClN5S. The molecule has 18 heavy (non-hydrogen) atoms. The zero-order valence-corrected chi connectivity index (χ0v) is 11.8. The lowest BCUT2D eigenvalue weighted by molar-refractivity contribution is 0.685. The number of nitrogens with zero attached hydrogens (tertiary/aromatic N) is 4. The molecule has 5 nitrogen and oxygen atoms in total. The zero-order chi connectivity index (χ0) is 13.0. The summed E-state index contributed by atoms with van der Waals surface area (Å²) in [5.41, 5.74) is 0.850. The number of hydrogen-bond acceptors (Lipinski definition) is 5. The first-order valence-electron chi connectivity index (χ1n) is 5.56. The van der Waals surface area contributed by atoms with Crippen LogP contribution < -0.4 is 5.32 Å². The van der Waals surface area contributed by atoms with Gasteiger partial charge in [-0.05, 0) is 19.1 Å². The van der Waals surface area contributed by atoms with Crippen LogP contribution in [0.15, 0.2) is 23.6 Å². The summed E-state index contributed by atoms with van der Waals surface area (Å²) in [4.78, 5) is 8.62. The Morgan fingerprint density at radius 3 is 2.94 bits per heavy atom. The maximum Gasteiger partial charge on any atom is 0.186 e. The van der Waals surface area contributed by atoms with Gasteiger partial charge in [0.25, 0.3) is 0 Å². The van der Waals surface area contributed by atoms with Crippen molar-refractivity contribution in [1.82, 2.24) is 19.7 Å². The van der Waals surface area contributed by atoms with Crippen molar-refractivity contribution >= 4 is 29.2 Å². The van der Waals surface area contributed by atoms with Gasteiger partial charge in [-0.1, -0.05) is 23.4 Å². The standard InChI is InChI=1S/C11H14ClN5S/c1-3-13-10-5-4-8(12)9(16-10)6-18-11-14-7-15-17(11)2/h4-5,7H,3,6H2,1-2H3,(H,13,16). The number of hydrogen-bond donors (Lipinski definition) is 1. The van der Waals surface area contributed by atoms with Gasteiger partial charge in [-0.25, -0.2) is 14.6 Å². The summed E-state index contributed by atoms with van der Waals surface area (Å²) >= 11 is 7.69. The summed E-state index contributed by atoms with van der Waals surface area (Å²) in [6.45, 7) is 2.87. The fourth-order valence-corrected chi connectivity index (χ4v) is 2.51. The highest BCUT2D eigenvalue weighted by Gasteiger charge is 2.07. The smallest absolute Gasteiger partial charge is 0.186 e. The van der Waals surface area contributed by atoms with Crippen molar-refractivity contribution in [2.45, 2.75) is 17.8 Å². The third kappa shape index (κ3) is 3.14. The number of halogens is 1. The fourth-order valence-electron chi connectivity index (χ4n) is 1.41. The van der Waals surface area contributed by atoms with Gasteiger partial charge in [-0.15, -0.1) is 0 Å². The molecule has 0 unspecified atom stereocenters. The molecule has 0 aliphatic carbocycles. The number of anilines is 1. The third-order valence-electron chi connectivity index (χ3n) is 2.28. The van der Waals surface area contributed by atoms with Gasteiger partial charge in [0, 0.05) is 19.3 Å². The molecular weight excluding hydrogens is 270 g/mol. The number of aryl methyl sites for hydroxylation is 1. The van der Waals surface area contributed by atoms with Crippen LogP contribution in [0.4, 0.5) is 5.82 Å². The lowest BCUT2D eigenvalue weighted by Crippen LogP contribution is -2.01. The highest BCUT2D eigenvalue weighted by molar-refractivity contribution is 7.98. The molecule has 0 aliphatic heterocycles. The lowest BCUT2D eigenvalue weighted by atomic mass is 10.3. The largest absolute Gasteiger partial charge is 0.370 e. The van der Waals surface area contributed by atoms with Gasteiger partial charge >= 0.3 is 0 Å². The van der Waals surface area contributed by atoms with Gasteiger partial charge in [0.05, 0.1) is 10.7 Å². The first kappa shape index (κ1) is 13.2.